The Morgan fingerprint density at radius 3 is 2.74 bits per heavy atom. The summed E-state index contributed by atoms with van der Waals surface area (Å²) in [5.74, 6) is -0.346. The van der Waals surface area contributed by atoms with Gasteiger partial charge in [-0.15, -0.1) is 22.7 Å². The molecule has 0 fully saturated rings. The molecule has 156 valence electrons. The summed E-state index contributed by atoms with van der Waals surface area (Å²) in [6.07, 6.45) is 0.702. The first-order valence-corrected chi connectivity index (χ1v) is 11.5. The van der Waals surface area contributed by atoms with Crippen LogP contribution < -0.4 is 5.32 Å². The van der Waals surface area contributed by atoms with Gasteiger partial charge >= 0.3 is 0 Å². The quantitative estimate of drug-likeness (QED) is 0.388. The number of rotatable bonds is 6. The summed E-state index contributed by atoms with van der Waals surface area (Å²) >= 11 is 3.09. The van der Waals surface area contributed by atoms with E-state index in [0.717, 1.165) is 36.7 Å². The monoisotopic (exact) mass is 450 g/mol. The van der Waals surface area contributed by atoms with Gasteiger partial charge in [0.15, 0.2) is 0 Å². The summed E-state index contributed by atoms with van der Waals surface area (Å²) in [6, 6.07) is 16.3. The maximum Gasteiger partial charge on any atom is 0.261 e. The molecule has 0 unspecified atom stereocenters. The highest BCUT2D eigenvalue weighted by molar-refractivity contribution is 7.20. The van der Waals surface area contributed by atoms with E-state index in [1.165, 1.54) is 23.5 Å². The van der Waals surface area contributed by atoms with Gasteiger partial charge in [0, 0.05) is 18.4 Å². The van der Waals surface area contributed by atoms with Crippen LogP contribution in [0.25, 0.3) is 20.4 Å². The third kappa shape index (κ3) is 4.08. The van der Waals surface area contributed by atoms with Crippen LogP contribution in [0.5, 0.6) is 0 Å². The first-order valence-electron chi connectivity index (χ1n) is 9.91. The van der Waals surface area contributed by atoms with Gasteiger partial charge in [0.05, 0.1) is 32.3 Å². The Balaban J connectivity index is 1.28. The molecule has 0 bridgehead atoms. The van der Waals surface area contributed by atoms with Gasteiger partial charge in [0.25, 0.3) is 5.91 Å². The van der Waals surface area contributed by atoms with Gasteiger partial charge in [-0.2, -0.15) is 5.10 Å². The minimum atomic E-state index is -0.258. The zero-order valence-electron chi connectivity index (χ0n) is 16.8. The van der Waals surface area contributed by atoms with Crippen LogP contribution >= 0.6 is 22.7 Å². The zero-order chi connectivity index (χ0) is 21.4. The molecule has 3 heterocycles. The molecule has 0 spiro atoms. The molecule has 1 N–H and O–H groups in total. The van der Waals surface area contributed by atoms with Crippen LogP contribution in [-0.2, 0) is 13.0 Å². The number of nitrogens with one attached hydrogen (secondary N) is 1. The van der Waals surface area contributed by atoms with Crippen LogP contribution in [0, 0.1) is 12.7 Å². The van der Waals surface area contributed by atoms with Crippen molar-refractivity contribution in [3.8, 4) is 0 Å². The molecule has 0 aliphatic heterocycles. The van der Waals surface area contributed by atoms with E-state index in [2.05, 4.69) is 21.5 Å². The summed E-state index contributed by atoms with van der Waals surface area (Å²) in [5.41, 5.74) is 2.84. The number of hydrogen-bond acceptors (Lipinski definition) is 5. The average Bonchev–Trinajstić information content (AvgIpc) is 3.45. The Morgan fingerprint density at radius 1 is 1.13 bits per heavy atom. The molecule has 2 aromatic carbocycles. The van der Waals surface area contributed by atoms with E-state index in [9.17, 15) is 9.18 Å². The van der Waals surface area contributed by atoms with Gasteiger partial charge in [-0.25, -0.2) is 9.37 Å². The Bertz CT molecular complexity index is 1350. The number of benzene rings is 2. The maximum absolute atomic E-state index is 13.2. The Kier molecular flexibility index (Phi) is 5.25. The number of nitrogens with zero attached hydrogens (tertiary/aromatic N) is 3. The van der Waals surface area contributed by atoms with Gasteiger partial charge in [-0.3, -0.25) is 9.48 Å². The lowest BCUT2D eigenvalue weighted by molar-refractivity contribution is 0.0958. The molecule has 0 aliphatic carbocycles. The Morgan fingerprint density at radius 2 is 1.94 bits per heavy atom. The molecule has 0 aliphatic rings. The van der Waals surface area contributed by atoms with E-state index in [0.29, 0.717) is 24.4 Å². The molecule has 31 heavy (non-hydrogen) atoms. The van der Waals surface area contributed by atoms with Crippen molar-refractivity contribution in [2.24, 2.45) is 0 Å². The van der Waals surface area contributed by atoms with Crippen LogP contribution in [0.15, 0.2) is 54.6 Å². The largest absolute Gasteiger partial charge is 0.351 e. The number of thiazole rings is 1. The highest BCUT2D eigenvalue weighted by Gasteiger charge is 2.16. The third-order valence-electron chi connectivity index (χ3n) is 5.04. The van der Waals surface area contributed by atoms with E-state index in [-0.39, 0.29) is 11.7 Å². The second kappa shape index (κ2) is 8.20. The highest BCUT2D eigenvalue weighted by atomic mass is 32.1. The summed E-state index contributed by atoms with van der Waals surface area (Å²) < 4.78 is 16.2. The summed E-state index contributed by atoms with van der Waals surface area (Å²) in [7, 11) is 0. The fraction of sp³-hybridized carbons (Fsp3) is 0.174. The Labute approximate surface area is 186 Å². The molecule has 0 atom stereocenters. The summed E-state index contributed by atoms with van der Waals surface area (Å²) in [4.78, 5) is 18.9. The van der Waals surface area contributed by atoms with E-state index in [1.54, 1.807) is 23.5 Å². The van der Waals surface area contributed by atoms with Crippen molar-refractivity contribution in [3.05, 3.63) is 81.6 Å². The van der Waals surface area contributed by atoms with Crippen molar-refractivity contribution in [1.82, 2.24) is 20.1 Å². The number of fused-ring (bicyclic) bond motifs is 2. The fourth-order valence-corrected chi connectivity index (χ4v) is 5.54. The van der Waals surface area contributed by atoms with E-state index in [4.69, 9.17) is 0 Å². The smallest absolute Gasteiger partial charge is 0.261 e. The number of carbonyl (C=O) groups excluding carboxylic acids is 1. The van der Waals surface area contributed by atoms with Crippen molar-refractivity contribution < 1.29 is 9.18 Å². The molecule has 3 aromatic heterocycles. The molecule has 0 radical (unpaired) electrons. The second-order valence-corrected chi connectivity index (χ2v) is 9.43. The molecular weight excluding hydrogens is 431 g/mol. The van der Waals surface area contributed by atoms with Gasteiger partial charge in [0.1, 0.15) is 10.6 Å². The molecule has 0 saturated carbocycles. The molecule has 1 amide bonds. The normalized spacial score (nSPS) is 11.4. The third-order valence-corrected chi connectivity index (χ3v) is 7.28. The van der Waals surface area contributed by atoms with Crippen LogP contribution in [0.2, 0.25) is 0 Å². The van der Waals surface area contributed by atoms with Crippen molar-refractivity contribution in [2.45, 2.75) is 19.9 Å². The standard InChI is InChI=1S/C23H19FN4OS2/c1-14-17-12-20(31-23(17)28(27-14)13-15-6-8-16(24)9-7-15)22(29)25-11-10-21-26-18-4-2-3-5-19(18)30-21/h2-9,12H,10-11,13H2,1H3,(H,25,29). The molecular formula is C23H19FN4OS2. The van der Waals surface area contributed by atoms with E-state index < -0.39 is 0 Å². The molecule has 5 aromatic rings. The van der Waals surface area contributed by atoms with Gasteiger partial charge in [-0.05, 0) is 42.8 Å². The van der Waals surface area contributed by atoms with Crippen LogP contribution in [0.3, 0.4) is 0 Å². The predicted octanol–water partition coefficient (Wildman–Crippen LogP) is 5.18. The summed E-state index contributed by atoms with van der Waals surface area (Å²) in [5, 5.41) is 9.58. The number of carbonyl (C=O) groups is 1. The first-order chi connectivity index (χ1) is 15.1. The van der Waals surface area contributed by atoms with Crippen LogP contribution in [-0.4, -0.2) is 27.2 Å². The van der Waals surface area contributed by atoms with Gasteiger partial charge in [0.2, 0.25) is 0 Å². The maximum atomic E-state index is 13.2. The number of amides is 1. The lowest BCUT2D eigenvalue weighted by Gasteiger charge is -2.03. The van der Waals surface area contributed by atoms with Crippen molar-refractivity contribution in [2.75, 3.05) is 6.54 Å². The molecule has 8 heteroatoms. The highest BCUT2D eigenvalue weighted by Crippen LogP contribution is 2.29. The van der Waals surface area contributed by atoms with Gasteiger partial charge < -0.3 is 5.32 Å². The fourth-order valence-electron chi connectivity index (χ4n) is 3.49. The number of halogens is 1. The average molecular weight is 451 g/mol. The lowest BCUT2D eigenvalue weighted by atomic mass is 10.2. The minimum absolute atomic E-state index is 0.0879. The van der Waals surface area contributed by atoms with Crippen LogP contribution in [0.4, 0.5) is 4.39 Å². The number of para-hydroxylation sites is 1. The minimum Gasteiger partial charge on any atom is -0.351 e. The van der Waals surface area contributed by atoms with Crippen molar-refractivity contribution in [1.29, 1.82) is 0 Å². The van der Waals surface area contributed by atoms with Crippen LogP contribution in [0.1, 0.15) is 25.9 Å². The SMILES string of the molecule is Cc1nn(Cc2ccc(F)cc2)c2sc(C(=O)NCCc3nc4ccccc4s3)cc12. The Hall–Kier alpha value is -3.10. The molecule has 5 rings (SSSR count). The van der Waals surface area contributed by atoms with Crippen molar-refractivity contribution >= 4 is 49.0 Å². The number of hydrogen-bond donors (Lipinski definition) is 1. The number of thiophene rings is 1. The van der Waals surface area contributed by atoms with E-state index >= 15 is 0 Å². The topological polar surface area (TPSA) is 59.8 Å². The zero-order valence-corrected chi connectivity index (χ0v) is 18.4. The molecule has 0 saturated heterocycles. The summed E-state index contributed by atoms with van der Waals surface area (Å²) in [6.45, 7) is 3.00. The molecule has 5 nitrogen and oxygen atoms in total. The predicted molar refractivity (Wildman–Crippen MR) is 124 cm³/mol. The second-order valence-electron chi connectivity index (χ2n) is 7.28. The van der Waals surface area contributed by atoms with Gasteiger partial charge in [-0.1, -0.05) is 24.3 Å². The number of aromatic nitrogens is 3. The lowest BCUT2D eigenvalue weighted by Crippen LogP contribution is -2.24. The first kappa shape index (κ1) is 19.8. The van der Waals surface area contributed by atoms with Crippen molar-refractivity contribution in [3.63, 3.8) is 0 Å². The van der Waals surface area contributed by atoms with E-state index in [1.807, 2.05) is 35.9 Å². The number of aryl methyl sites for hydroxylation is 1.